The molecule has 4 saturated carbocycles. The minimum Gasteiger partial charge on any atom is -0.350 e. The van der Waals surface area contributed by atoms with E-state index in [2.05, 4.69) is 34.8 Å². The van der Waals surface area contributed by atoms with Crippen LogP contribution >= 0.6 is 0 Å². The fourth-order valence-electron chi connectivity index (χ4n) is 5.73. The molecule has 1 aromatic carbocycles. The first kappa shape index (κ1) is 14.7. The van der Waals surface area contributed by atoms with E-state index < -0.39 is 6.03 Å². The van der Waals surface area contributed by atoms with Crippen LogP contribution in [0, 0.1) is 17.8 Å². The van der Waals surface area contributed by atoms with Crippen molar-refractivity contribution < 1.29 is 4.79 Å². The third-order valence-corrected chi connectivity index (χ3v) is 6.29. The average Bonchev–Trinajstić information content (AvgIpc) is 2.51. The number of urea groups is 1. The molecule has 0 unspecified atom stereocenters. The summed E-state index contributed by atoms with van der Waals surface area (Å²) in [6.45, 7) is 1.88. The van der Waals surface area contributed by atoms with Crippen LogP contribution in [-0.4, -0.2) is 11.7 Å². The Morgan fingerprint density at radius 2 is 1.61 bits per heavy atom. The standard InChI is InChI=1S/C19H25N3O/c1-12(21-22-18(20)23)16-2-4-17(5-3-16)19-9-13-6-14(10-19)8-15(7-13)11-19/h2-5,13-15H,6-11H2,1H3,(H3,20,22,23). The van der Waals surface area contributed by atoms with E-state index in [0.29, 0.717) is 5.41 Å². The highest BCUT2D eigenvalue weighted by atomic mass is 16.2. The number of carbonyl (C=O) groups excluding carboxylic acids is 1. The summed E-state index contributed by atoms with van der Waals surface area (Å²) in [6, 6.07) is 8.21. The van der Waals surface area contributed by atoms with Crippen LogP contribution in [0.1, 0.15) is 56.6 Å². The molecule has 4 fully saturated rings. The van der Waals surface area contributed by atoms with Gasteiger partial charge in [-0.05, 0) is 79.7 Å². The van der Waals surface area contributed by atoms with Crippen LogP contribution in [0.15, 0.2) is 29.4 Å². The molecule has 3 N–H and O–H groups in total. The third kappa shape index (κ3) is 2.64. The highest BCUT2D eigenvalue weighted by Crippen LogP contribution is 2.60. The first-order valence-electron chi connectivity index (χ1n) is 8.75. The largest absolute Gasteiger partial charge is 0.350 e. The number of nitrogens with one attached hydrogen (secondary N) is 1. The second-order valence-corrected chi connectivity index (χ2v) is 7.95. The predicted octanol–water partition coefficient (Wildman–Crippen LogP) is 3.55. The first-order chi connectivity index (χ1) is 11.0. The average molecular weight is 311 g/mol. The van der Waals surface area contributed by atoms with E-state index in [1.54, 1.807) is 0 Å². The summed E-state index contributed by atoms with van der Waals surface area (Å²) in [7, 11) is 0. The number of hydrogen-bond donors (Lipinski definition) is 2. The molecule has 23 heavy (non-hydrogen) atoms. The fourth-order valence-corrected chi connectivity index (χ4v) is 5.73. The number of amides is 2. The fraction of sp³-hybridized carbons (Fsp3) is 0.579. The highest BCUT2D eigenvalue weighted by Gasteiger charge is 2.51. The zero-order chi connectivity index (χ0) is 16.0. The number of carbonyl (C=O) groups is 1. The first-order valence-corrected chi connectivity index (χ1v) is 8.75. The number of nitrogens with two attached hydrogens (primary N) is 1. The zero-order valence-electron chi connectivity index (χ0n) is 13.7. The van der Waals surface area contributed by atoms with Gasteiger partial charge in [0.15, 0.2) is 0 Å². The zero-order valence-corrected chi connectivity index (χ0v) is 13.7. The number of rotatable bonds is 3. The normalized spacial score (nSPS) is 35.3. The van der Waals surface area contributed by atoms with Crippen molar-refractivity contribution in [2.75, 3.05) is 0 Å². The van der Waals surface area contributed by atoms with E-state index in [9.17, 15) is 4.79 Å². The van der Waals surface area contributed by atoms with Crippen LogP contribution < -0.4 is 11.2 Å². The quantitative estimate of drug-likeness (QED) is 0.650. The molecule has 0 radical (unpaired) electrons. The summed E-state index contributed by atoms with van der Waals surface area (Å²) in [5.74, 6) is 2.89. The minimum absolute atomic E-state index is 0.434. The molecule has 1 aromatic rings. The second-order valence-electron chi connectivity index (χ2n) is 7.95. The Bertz CT molecular complexity index is 612. The SMILES string of the molecule is CC(=NNC(N)=O)c1ccc(C23CC4CC(CC(C4)C2)C3)cc1. The molecule has 122 valence electrons. The van der Waals surface area contributed by atoms with Gasteiger partial charge in [0, 0.05) is 0 Å². The van der Waals surface area contributed by atoms with Gasteiger partial charge in [-0.25, -0.2) is 10.2 Å². The predicted molar refractivity (Wildman–Crippen MR) is 91.2 cm³/mol. The van der Waals surface area contributed by atoms with Gasteiger partial charge in [0.25, 0.3) is 0 Å². The Kier molecular flexibility index (Phi) is 3.43. The summed E-state index contributed by atoms with van der Waals surface area (Å²) in [4.78, 5) is 10.8. The Morgan fingerprint density at radius 3 is 2.09 bits per heavy atom. The molecule has 0 saturated heterocycles. The molecule has 4 aliphatic carbocycles. The highest BCUT2D eigenvalue weighted by molar-refractivity contribution is 5.99. The Balaban J connectivity index is 1.57. The van der Waals surface area contributed by atoms with Gasteiger partial charge in [-0.2, -0.15) is 5.10 Å². The number of hydrazone groups is 1. The van der Waals surface area contributed by atoms with Gasteiger partial charge in [-0.3, -0.25) is 0 Å². The van der Waals surface area contributed by atoms with Gasteiger partial charge < -0.3 is 5.73 Å². The summed E-state index contributed by atoms with van der Waals surface area (Å²) >= 11 is 0. The van der Waals surface area contributed by atoms with Crippen LogP contribution in [0.25, 0.3) is 0 Å². The number of hydrogen-bond acceptors (Lipinski definition) is 2. The molecule has 4 heteroatoms. The molecule has 2 amide bonds. The van der Waals surface area contributed by atoms with Gasteiger partial charge in [0.05, 0.1) is 5.71 Å². The van der Waals surface area contributed by atoms with Gasteiger partial charge in [0.1, 0.15) is 0 Å². The van der Waals surface area contributed by atoms with Crippen molar-refractivity contribution in [3.63, 3.8) is 0 Å². The maximum Gasteiger partial charge on any atom is 0.332 e. The molecule has 0 aromatic heterocycles. The molecular weight excluding hydrogens is 286 g/mol. The third-order valence-electron chi connectivity index (χ3n) is 6.29. The summed E-state index contributed by atoms with van der Waals surface area (Å²) in [6.07, 6.45) is 8.57. The van der Waals surface area contributed by atoms with Crippen molar-refractivity contribution in [3.8, 4) is 0 Å². The summed E-state index contributed by atoms with van der Waals surface area (Å²) in [5, 5.41) is 4.01. The lowest BCUT2D eigenvalue weighted by Gasteiger charge is -2.57. The van der Waals surface area contributed by atoms with Crippen molar-refractivity contribution in [1.82, 2.24) is 5.43 Å². The molecule has 4 aliphatic rings. The molecule has 4 nitrogen and oxygen atoms in total. The molecule has 0 heterocycles. The second kappa shape index (κ2) is 5.36. The number of primary amides is 1. The van der Waals surface area contributed by atoms with E-state index in [0.717, 1.165) is 29.0 Å². The van der Waals surface area contributed by atoms with Gasteiger partial charge in [0.2, 0.25) is 0 Å². The Hall–Kier alpha value is -1.84. The maximum absolute atomic E-state index is 10.8. The van der Waals surface area contributed by atoms with Crippen LogP contribution in [-0.2, 0) is 5.41 Å². The molecule has 5 rings (SSSR count). The molecular formula is C19H25N3O. The summed E-state index contributed by atoms with van der Waals surface area (Å²) in [5.41, 5.74) is 11.1. The Labute approximate surface area is 137 Å². The van der Waals surface area contributed by atoms with Crippen molar-refractivity contribution in [2.24, 2.45) is 28.6 Å². The summed E-state index contributed by atoms with van der Waals surface area (Å²) < 4.78 is 0. The monoisotopic (exact) mass is 311 g/mol. The lowest BCUT2D eigenvalue weighted by atomic mass is 9.48. The smallest absolute Gasteiger partial charge is 0.332 e. The van der Waals surface area contributed by atoms with Gasteiger partial charge >= 0.3 is 6.03 Å². The van der Waals surface area contributed by atoms with Crippen molar-refractivity contribution in [2.45, 2.75) is 50.9 Å². The van der Waals surface area contributed by atoms with Gasteiger partial charge in [-0.15, -0.1) is 0 Å². The van der Waals surface area contributed by atoms with Gasteiger partial charge in [-0.1, -0.05) is 24.3 Å². The molecule has 4 bridgehead atoms. The van der Waals surface area contributed by atoms with Crippen LogP contribution in [0.5, 0.6) is 0 Å². The topological polar surface area (TPSA) is 67.5 Å². The van der Waals surface area contributed by atoms with E-state index in [1.807, 2.05) is 6.92 Å². The van der Waals surface area contributed by atoms with Crippen molar-refractivity contribution in [3.05, 3.63) is 35.4 Å². The molecule has 0 atom stereocenters. The van der Waals surface area contributed by atoms with Crippen LogP contribution in [0.3, 0.4) is 0 Å². The van der Waals surface area contributed by atoms with E-state index >= 15 is 0 Å². The lowest BCUT2D eigenvalue weighted by molar-refractivity contribution is -0.00518. The van der Waals surface area contributed by atoms with E-state index in [-0.39, 0.29) is 0 Å². The van der Waals surface area contributed by atoms with Crippen LogP contribution in [0.2, 0.25) is 0 Å². The van der Waals surface area contributed by atoms with E-state index in [1.165, 1.54) is 44.1 Å². The maximum atomic E-state index is 10.8. The van der Waals surface area contributed by atoms with Crippen LogP contribution in [0.4, 0.5) is 4.79 Å². The Morgan fingerprint density at radius 1 is 1.09 bits per heavy atom. The minimum atomic E-state index is -0.630. The molecule has 0 spiro atoms. The number of nitrogens with zero attached hydrogens (tertiary/aromatic N) is 1. The van der Waals surface area contributed by atoms with Crippen molar-refractivity contribution >= 4 is 11.7 Å². The van der Waals surface area contributed by atoms with Crippen molar-refractivity contribution in [1.29, 1.82) is 0 Å². The number of benzene rings is 1. The lowest BCUT2D eigenvalue weighted by Crippen LogP contribution is -2.48. The molecule has 0 aliphatic heterocycles. The van der Waals surface area contributed by atoms with E-state index in [4.69, 9.17) is 5.73 Å².